The quantitative estimate of drug-likeness (QED) is 0.865. The lowest BCUT2D eigenvalue weighted by Gasteiger charge is -2.43. The van der Waals surface area contributed by atoms with Gasteiger partial charge >= 0.3 is 0 Å². The molecule has 4 nitrogen and oxygen atoms in total. The number of carbonyl (C=O) groups excluding carboxylic acids is 2. The van der Waals surface area contributed by atoms with E-state index in [1.54, 1.807) is 0 Å². The van der Waals surface area contributed by atoms with Crippen LogP contribution in [-0.4, -0.2) is 35.3 Å². The Kier molecular flexibility index (Phi) is 3.98. The second-order valence-corrected chi connectivity index (χ2v) is 7.59. The van der Waals surface area contributed by atoms with Crippen LogP contribution in [0.5, 0.6) is 0 Å². The molecule has 4 heteroatoms. The molecule has 1 N–H and O–H groups in total. The van der Waals surface area contributed by atoms with Gasteiger partial charge in [-0.2, -0.15) is 0 Å². The topological polar surface area (TPSA) is 49.4 Å². The highest BCUT2D eigenvalue weighted by atomic mass is 16.2. The minimum atomic E-state index is -0.261. The zero-order valence-electron chi connectivity index (χ0n) is 13.4. The molecule has 3 rings (SSSR count). The van der Waals surface area contributed by atoms with E-state index in [1.807, 2.05) is 11.8 Å². The second kappa shape index (κ2) is 5.62. The van der Waals surface area contributed by atoms with Crippen LogP contribution in [0.15, 0.2) is 0 Å². The lowest BCUT2D eigenvalue weighted by atomic mass is 9.82. The van der Waals surface area contributed by atoms with Crippen LogP contribution >= 0.6 is 0 Å². The summed E-state index contributed by atoms with van der Waals surface area (Å²) in [5.41, 5.74) is 0.262. The summed E-state index contributed by atoms with van der Waals surface area (Å²) in [7, 11) is 0. The third-order valence-electron chi connectivity index (χ3n) is 5.69. The Morgan fingerprint density at radius 2 is 1.86 bits per heavy atom. The van der Waals surface area contributed by atoms with Gasteiger partial charge in [0.05, 0.1) is 0 Å². The van der Waals surface area contributed by atoms with Gasteiger partial charge in [0.2, 0.25) is 11.8 Å². The van der Waals surface area contributed by atoms with E-state index in [9.17, 15) is 9.59 Å². The number of rotatable bonds is 4. The summed E-state index contributed by atoms with van der Waals surface area (Å²) in [5, 5.41) is 3.04. The molecule has 21 heavy (non-hydrogen) atoms. The number of carbonyl (C=O) groups is 2. The van der Waals surface area contributed by atoms with Crippen molar-refractivity contribution in [3.05, 3.63) is 0 Å². The summed E-state index contributed by atoms with van der Waals surface area (Å²) in [6.07, 6.45) is 8.90. The van der Waals surface area contributed by atoms with Crippen molar-refractivity contribution in [2.45, 2.75) is 77.3 Å². The summed E-state index contributed by atoms with van der Waals surface area (Å²) < 4.78 is 0. The molecule has 0 aromatic carbocycles. The lowest BCUT2D eigenvalue weighted by Crippen LogP contribution is -2.65. The molecule has 118 valence electrons. The Bertz CT molecular complexity index is 425. The van der Waals surface area contributed by atoms with Gasteiger partial charge in [0, 0.05) is 6.54 Å². The molecular weight excluding hydrogens is 264 g/mol. The molecule has 1 aliphatic heterocycles. The standard InChI is InChI=1S/C17H28N2O2/c1-3-13-15(20)18-14(12-7-5-4-6-8-12)16(21)19(13)11-17(2)9-10-17/h12-14H,3-11H2,1-2H3,(H,18,20). The molecule has 2 saturated carbocycles. The van der Waals surface area contributed by atoms with E-state index in [1.165, 1.54) is 32.1 Å². The highest BCUT2D eigenvalue weighted by molar-refractivity contribution is 5.97. The van der Waals surface area contributed by atoms with Crippen LogP contribution in [0.25, 0.3) is 0 Å². The van der Waals surface area contributed by atoms with Crippen LogP contribution in [0.1, 0.15) is 65.2 Å². The average molecular weight is 292 g/mol. The monoisotopic (exact) mass is 292 g/mol. The lowest BCUT2D eigenvalue weighted by molar-refractivity contribution is -0.152. The summed E-state index contributed by atoms with van der Waals surface area (Å²) in [4.78, 5) is 27.3. The fourth-order valence-corrected chi connectivity index (χ4v) is 3.95. The van der Waals surface area contributed by atoms with Gasteiger partial charge in [-0.25, -0.2) is 0 Å². The van der Waals surface area contributed by atoms with Crippen LogP contribution in [-0.2, 0) is 9.59 Å². The van der Waals surface area contributed by atoms with Gasteiger partial charge in [0.1, 0.15) is 12.1 Å². The summed E-state index contributed by atoms with van der Waals surface area (Å²) >= 11 is 0. The number of nitrogens with zero attached hydrogens (tertiary/aromatic N) is 1. The van der Waals surface area contributed by atoms with E-state index in [0.717, 1.165) is 19.4 Å². The fourth-order valence-electron chi connectivity index (χ4n) is 3.95. The fraction of sp³-hybridized carbons (Fsp3) is 0.882. The molecule has 0 radical (unpaired) electrons. The van der Waals surface area contributed by atoms with E-state index < -0.39 is 0 Å². The predicted molar refractivity (Wildman–Crippen MR) is 81.6 cm³/mol. The minimum Gasteiger partial charge on any atom is -0.342 e. The molecule has 2 unspecified atom stereocenters. The molecule has 2 amide bonds. The normalized spacial score (nSPS) is 33.0. The van der Waals surface area contributed by atoms with E-state index in [4.69, 9.17) is 0 Å². The molecule has 0 bridgehead atoms. The molecule has 0 aromatic rings. The van der Waals surface area contributed by atoms with Crippen molar-refractivity contribution >= 4 is 11.8 Å². The van der Waals surface area contributed by atoms with Crippen molar-refractivity contribution in [3.8, 4) is 0 Å². The maximum Gasteiger partial charge on any atom is 0.246 e. The van der Waals surface area contributed by atoms with Crippen molar-refractivity contribution in [1.82, 2.24) is 10.2 Å². The summed E-state index contributed by atoms with van der Waals surface area (Å²) in [6.45, 7) is 5.00. The molecule has 3 aliphatic rings. The number of piperazine rings is 1. The van der Waals surface area contributed by atoms with Crippen molar-refractivity contribution in [3.63, 3.8) is 0 Å². The van der Waals surface area contributed by atoms with Gasteiger partial charge in [-0.05, 0) is 43.4 Å². The Labute approximate surface area is 127 Å². The van der Waals surface area contributed by atoms with E-state index in [-0.39, 0.29) is 29.3 Å². The smallest absolute Gasteiger partial charge is 0.246 e. The molecule has 2 aliphatic carbocycles. The zero-order valence-corrected chi connectivity index (χ0v) is 13.4. The molecule has 1 heterocycles. The molecule has 2 atom stereocenters. The van der Waals surface area contributed by atoms with Crippen LogP contribution < -0.4 is 5.32 Å². The number of nitrogens with one attached hydrogen (secondary N) is 1. The van der Waals surface area contributed by atoms with Crippen molar-refractivity contribution in [1.29, 1.82) is 0 Å². The first-order chi connectivity index (χ1) is 10.0. The minimum absolute atomic E-state index is 0.0666. The van der Waals surface area contributed by atoms with Gasteiger partial charge < -0.3 is 10.2 Å². The Balaban J connectivity index is 1.77. The van der Waals surface area contributed by atoms with Crippen LogP contribution in [0.4, 0.5) is 0 Å². The number of hydrogen-bond donors (Lipinski definition) is 1. The van der Waals surface area contributed by atoms with E-state index in [0.29, 0.717) is 12.3 Å². The highest BCUT2D eigenvalue weighted by Crippen LogP contribution is 2.46. The highest BCUT2D eigenvalue weighted by Gasteiger charge is 2.48. The molecular formula is C17H28N2O2. The Morgan fingerprint density at radius 3 is 2.43 bits per heavy atom. The Hall–Kier alpha value is -1.06. The first-order valence-electron chi connectivity index (χ1n) is 8.65. The predicted octanol–water partition coefficient (Wildman–Crippen LogP) is 2.47. The largest absolute Gasteiger partial charge is 0.342 e. The maximum atomic E-state index is 13.0. The zero-order chi connectivity index (χ0) is 15.0. The molecule has 0 spiro atoms. The van der Waals surface area contributed by atoms with Crippen molar-refractivity contribution < 1.29 is 9.59 Å². The van der Waals surface area contributed by atoms with Gasteiger partial charge in [-0.1, -0.05) is 33.1 Å². The molecule has 0 aromatic heterocycles. The molecule has 1 saturated heterocycles. The van der Waals surface area contributed by atoms with Gasteiger partial charge in [0.25, 0.3) is 0 Å². The van der Waals surface area contributed by atoms with Gasteiger partial charge in [-0.3, -0.25) is 9.59 Å². The van der Waals surface area contributed by atoms with Crippen molar-refractivity contribution in [2.24, 2.45) is 11.3 Å². The van der Waals surface area contributed by atoms with Gasteiger partial charge in [-0.15, -0.1) is 0 Å². The number of amides is 2. The average Bonchev–Trinajstić information content (AvgIpc) is 3.21. The maximum absolute atomic E-state index is 13.0. The van der Waals surface area contributed by atoms with Crippen LogP contribution in [0.3, 0.4) is 0 Å². The van der Waals surface area contributed by atoms with Crippen molar-refractivity contribution in [2.75, 3.05) is 6.54 Å². The van der Waals surface area contributed by atoms with E-state index in [2.05, 4.69) is 12.2 Å². The third kappa shape index (κ3) is 2.95. The first-order valence-corrected chi connectivity index (χ1v) is 8.65. The van der Waals surface area contributed by atoms with E-state index >= 15 is 0 Å². The first kappa shape index (κ1) is 14.9. The van der Waals surface area contributed by atoms with Gasteiger partial charge in [0.15, 0.2) is 0 Å². The van der Waals surface area contributed by atoms with Crippen LogP contribution in [0, 0.1) is 11.3 Å². The molecule has 3 fully saturated rings. The SMILES string of the molecule is CCC1C(=O)NC(C2CCCCC2)C(=O)N1CC1(C)CC1. The third-order valence-corrected chi connectivity index (χ3v) is 5.69. The van der Waals surface area contributed by atoms with Crippen LogP contribution in [0.2, 0.25) is 0 Å². The summed E-state index contributed by atoms with van der Waals surface area (Å²) in [5.74, 6) is 0.598. The Morgan fingerprint density at radius 1 is 1.19 bits per heavy atom. The number of hydrogen-bond acceptors (Lipinski definition) is 2. The second-order valence-electron chi connectivity index (χ2n) is 7.59. The summed E-state index contributed by atoms with van der Waals surface area (Å²) in [6, 6.07) is -0.516.